The number of nitrogens with one attached hydrogen (secondary N) is 2. The van der Waals surface area contributed by atoms with Gasteiger partial charge >= 0.3 is 6.03 Å². The van der Waals surface area contributed by atoms with E-state index in [0.29, 0.717) is 0 Å². The van der Waals surface area contributed by atoms with E-state index in [2.05, 4.69) is 34.9 Å². The molecule has 2 amide bonds. The van der Waals surface area contributed by atoms with Crippen LogP contribution in [-0.2, 0) is 6.42 Å². The minimum atomic E-state index is -0.0795. The second kappa shape index (κ2) is 8.41. The standard InChI is InChI=1S/C17H24N2O/c20-17(19-14-16-11-4-5-12-16)18-13-7-6-10-15-8-2-1-3-9-15/h1-3,8-9,14H,4-7,10-13H2,(H2,18,19,20). The number of benzene rings is 1. The predicted octanol–water partition coefficient (Wildman–Crippen LogP) is 3.77. The lowest BCUT2D eigenvalue weighted by atomic mass is 10.1. The van der Waals surface area contributed by atoms with Crippen molar-refractivity contribution in [2.24, 2.45) is 0 Å². The zero-order valence-electron chi connectivity index (χ0n) is 12.0. The van der Waals surface area contributed by atoms with E-state index in [1.54, 1.807) is 0 Å². The first-order valence-electron chi connectivity index (χ1n) is 7.61. The molecule has 1 saturated carbocycles. The van der Waals surface area contributed by atoms with E-state index in [4.69, 9.17) is 0 Å². The van der Waals surface area contributed by atoms with Gasteiger partial charge in [0.15, 0.2) is 0 Å². The smallest absolute Gasteiger partial charge is 0.318 e. The van der Waals surface area contributed by atoms with Crippen molar-refractivity contribution >= 4 is 6.03 Å². The highest BCUT2D eigenvalue weighted by atomic mass is 16.2. The lowest BCUT2D eigenvalue weighted by Crippen LogP contribution is -2.33. The first-order chi connectivity index (χ1) is 9.84. The number of unbranched alkanes of at least 4 members (excludes halogenated alkanes) is 1. The minimum Gasteiger partial charge on any atom is -0.338 e. The summed E-state index contributed by atoms with van der Waals surface area (Å²) in [5.74, 6) is 0. The summed E-state index contributed by atoms with van der Waals surface area (Å²) in [6.45, 7) is 0.738. The second-order valence-electron chi connectivity index (χ2n) is 5.35. The highest BCUT2D eigenvalue weighted by Gasteiger charge is 2.06. The van der Waals surface area contributed by atoms with E-state index in [1.807, 2.05) is 12.3 Å². The van der Waals surface area contributed by atoms with Crippen LogP contribution in [0.5, 0.6) is 0 Å². The Labute approximate surface area is 121 Å². The van der Waals surface area contributed by atoms with E-state index < -0.39 is 0 Å². The molecule has 3 nitrogen and oxygen atoms in total. The van der Waals surface area contributed by atoms with Crippen LogP contribution in [0.4, 0.5) is 4.79 Å². The Bertz CT molecular complexity index is 432. The third-order valence-corrected chi connectivity index (χ3v) is 3.67. The van der Waals surface area contributed by atoms with Crippen LogP contribution in [0.25, 0.3) is 0 Å². The van der Waals surface area contributed by atoms with Gasteiger partial charge in [-0.15, -0.1) is 0 Å². The molecule has 20 heavy (non-hydrogen) atoms. The number of urea groups is 1. The summed E-state index contributed by atoms with van der Waals surface area (Å²) in [5, 5.41) is 5.72. The summed E-state index contributed by atoms with van der Waals surface area (Å²) < 4.78 is 0. The summed E-state index contributed by atoms with van der Waals surface area (Å²) in [5.41, 5.74) is 2.73. The normalized spacial score (nSPS) is 14.1. The largest absolute Gasteiger partial charge is 0.338 e. The zero-order valence-corrected chi connectivity index (χ0v) is 12.0. The van der Waals surface area contributed by atoms with Crippen molar-refractivity contribution in [3.05, 3.63) is 47.7 Å². The van der Waals surface area contributed by atoms with Gasteiger partial charge in [0.25, 0.3) is 0 Å². The van der Waals surface area contributed by atoms with E-state index in [1.165, 1.54) is 24.0 Å². The van der Waals surface area contributed by atoms with Crippen LogP contribution >= 0.6 is 0 Å². The summed E-state index contributed by atoms with van der Waals surface area (Å²) in [6.07, 6.45) is 9.86. The van der Waals surface area contributed by atoms with Crippen LogP contribution in [0, 0.1) is 0 Å². The molecule has 0 saturated heterocycles. The maximum Gasteiger partial charge on any atom is 0.318 e. The molecule has 108 valence electrons. The van der Waals surface area contributed by atoms with Crippen LogP contribution in [0.3, 0.4) is 0 Å². The third-order valence-electron chi connectivity index (χ3n) is 3.67. The average molecular weight is 272 g/mol. The Morgan fingerprint density at radius 3 is 2.60 bits per heavy atom. The van der Waals surface area contributed by atoms with Gasteiger partial charge < -0.3 is 10.6 Å². The molecule has 1 fully saturated rings. The fourth-order valence-electron chi connectivity index (χ4n) is 2.49. The lowest BCUT2D eigenvalue weighted by Gasteiger charge is -2.05. The molecule has 0 atom stereocenters. The van der Waals surface area contributed by atoms with E-state index in [9.17, 15) is 4.79 Å². The highest BCUT2D eigenvalue weighted by molar-refractivity contribution is 5.74. The minimum absolute atomic E-state index is 0.0795. The summed E-state index contributed by atoms with van der Waals surface area (Å²) >= 11 is 0. The first-order valence-corrected chi connectivity index (χ1v) is 7.61. The van der Waals surface area contributed by atoms with Gasteiger partial charge in [-0.25, -0.2) is 4.79 Å². The number of allylic oxidation sites excluding steroid dienone is 1. The van der Waals surface area contributed by atoms with Crippen molar-refractivity contribution in [2.75, 3.05) is 6.54 Å². The van der Waals surface area contributed by atoms with Gasteiger partial charge in [-0.3, -0.25) is 0 Å². The molecule has 0 spiro atoms. The molecule has 0 aromatic heterocycles. The molecule has 1 aliphatic rings. The Morgan fingerprint density at radius 1 is 1.10 bits per heavy atom. The zero-order chi connectivity index (χ0) is 14.0. The first kappa shape index (κ1) is 14.6. The number of hydrogen-bond acceptors (Lipinski definition) is 1. The van der Waals surface area contributed by atoms with Gasteiger partial charge in [0.05, 0.1) is 0 Å². The lowest BCUT2D eigenvalue weighted by molar-refractivity contribution is 0.244. The van der Waals surface area contributed by atoms with Crippen molar-refractivity contribution in [2.45, 2.75) is 44.9 Å². The fourth-order valence-corrected chi connectivity index (χ4v) is 2.49. The van der Waals surface area contributed by atoms with Crippen molar-refractivity contribution in [1.82, 2.24) is 10.6 Å². The molecule has 1 aromatic rings. The monoisotopic (exact) mass is 272 g/mol. The molecule has 1 aromatic carbocycles. The molecular formula is C17H24N2O. The van der Waals surface area contributed by atoms with Gasteiger partial charge in [-0.1, -0.05) is 35.9 Å². The van der Waals surface area contributed by atoms with Crippen LogP contribution in [0.2, 0.25) is 0 Å². The van der Waals surface area contributed by atoms with Gasteiger partial charge in [-0.05, 0) is 50.5 Å². The second-order valence-corrected chi connectivity index (χ2v) is 5.35. The number of carbonyl (C=O) groups excluding carboxylic acids is 1. The molecule has 0 aliphatic heterocycles. The van der Waals surface area contributed by atoms with Crippen molar-refractivity contribution in [1.29, 1.82) is 0 Å². The molecular weight excluding hydrogens is 248 g/mol. The molecule has 0 radical (unpaired) electrons. The Kier molecular flexibility index (Phi) is 6.15. The third kappa shape index (κ3) is 5.47. The Hall–Kier alpha value is -1.77. The van der Waals surface area contributed by atoms with E-state index >= 15 is 0 Å². The number of hydrogen-bond donors (Lipinski definition) is 2. The molecule has 1 aliphatic carbocycles. The molecule has 0 unspecified atom stereocenters. The predicted molar refractivity (Wildman–Crippen MR) is 82.5 cm³/mol. The van der Waals surface area contributed by atoms with Crippen LogP contribution in [0.15, 0.2) is 42.1 Å². The summed E-state index contributed by atoms with van der Waals surface area (Å²) in [7, 11) is 0. The number of rotatable bonds is 6. The molecule has 2 N–H and O–H groups in total. The number of amides is 2. The van der Waals surface area contributed by atoms with E-state index in [0.717, 1.165) is 38.6 Å². The van der Waals surface area contributed by atoms with Gasteiger partial charge in [0.1, 0.15) is 0 Å². The Morgan fingerprint density at radius 2 is 1.85 bits per heavy atom. The fraction of sp³-hybridized carbons (Fsp3) is 0.471. The van der Waals surface area contributed by atoms with Crippen LogP contribution < -0.4 is 10.6 Å². The molecule has 0 bridgehead atoms. The SMILES string of the molecule is O=C(NC=C1CCCC1)NCCCCc1ccccc1. The van der Waals surface area contributed by atoms with Crippen LogP contribution in [0.1, 0.15) is 44.1 Å². The average Bonchev–Trinajstić information content (AvgIpc) is 2.99. The number of carbonyl (C=O) groups is 1. The van der Waals surface area contributed by atoms with Crippen molar-refractivity contribution < 1.29 is 4.79 Å². The molecule has 3 heteroatoms. The van der Waals surface area contributed by atoms with Gasteiger partial charge in [0, 0.05) is 12.7 Å². The quantitative estimate of drug-likeness (QED) is 0.760. The Balaban J connectivity index is 1.52. The number of aryl methyl sites for hydroxylation is 1. The maximum atomic E-state index is 11.6. The topological polar surface area (TPSA) is 41.1 Å². The summed E-state index contributed by atoms with van der Waals surface area (Å²) in [4.78, 5) is 11.6. The maximum absolute atomic E-state index is 11.6. The van der Waals surface area contributed by atoms with Gasteiger partial charge in [0.2, 0.25) is 0 Å². The van der Waals surface area contributed by atoms with Crippen molar-refractivity contribution in [3.63, 3.8) is 0 Å². The van der Waals surface area contributed by atoms with Crippen molar-refractivity contribution in [3.8, 4) is 0 Å². The molecule has 0 heterocycles. The van der Waals surface area contributed by atoms with Crippen LogP contribution in [-0.4, -0.2) is 12.6 Å². The highest BCUT2D eigenvalue weighted by Crippen LogP contribution is 2.22. The summed E-state index contributed by atoms with van der Waals surface area (Å²) in [6, 6.07) is 10.4. The van der Waals surface area contributed by atoms with Gasteiger partial charge in [-0.2, -0.15) is 0 Å². The van der Waals surface area contributed by atoms with E-state index in [-0.39, 0.29) is 6.03 Å². The molecule has 2 rings (SSSR count).